The summed E-state index contributed by atoms with van der Waals surface area (Å²) in [5, 5.41) is 8.35. The van der Waals surface area contributed by atoms with Crippen LogP contribution in [0.1, 0.15) is 31.4 Å². The number of hydrogen-bond donors (Lipinski definition) is 0. The second kappa shape index (κ2) is 4.49. The minimum Gasteiger partial charge on any atom is -0.237 e. The Morgan fingerprint density at radius 3 is 2.94 bits per heavy atom. The quantitative estimate of drug-likeness (QED) is 0.790. The molecule has 0 spiro atoms. The van der Waals surface area contributed by atoms with E-state index in [-0.39, 0.29) is 0 Å². The molecule has 0 N–H and O–H groups in total. The summed E-state index contributed by atoms with van der Waals surface area (Å²) in [6.07, 6.45) is 10.8. The van der Waals surface area contributed by atoms with Gasteiger partial charge in [-0.05, 0) is 43.4 Å². The Morgan fingerprint density at radius 1 is 1.18 bits per heavy atom. The highest BCUT2D eigenvalue weighted by atomic mass is 15.4. The van der Waals surface area contributed by atoms with Gasteiger partial charge in [-0.1, -0.05) is 17.4 Å². The van der Waals surface area contributed by atoms with E-state index in [4.69, 9.17) is 0 Å². The summed E-state index contributed by atoms with van der Waals surface area (Å²) in [6.45, 7) is 0. The van der Waals surface area contributed by atoms with Gasteiger partial charge in [0.25, 0.3) is 0 Å². The predicted octanol–water partition coefficient (Wildman–Crippen LogP) is 2.62. The lowest BCUT2D eigenvalue weighted by Crippen LogP contribution is -1.96. The molecule has 2 heterocycles. The highest BCUT2D eigenvalue weighted by molar-refractivity contribution is 5.62. The molecular formula is C13H14N4. The standard InChI is InChI=1S/C13H14N4/c1-2-6-11(7-3-1)12-10-17(16-15-12)13-8-4-5-9-14-13/h4-6,8-10H,1-3,7H2. The Hall–Kier alpha value is -1.97. The van der Waals surface area contributed by atoms with Crippen LogP contribution in [0.5, 0.6) is 0 Å². The van der Waals surface area contributed by atoms with Crippen LogP contribution in [-0.2, 0) is 0 Å². The normalized spacial score (nSPS) is 15.6. The van der Waals surface area contributed by atoms with E-state index in [1.54, 1.807) is 10.9 Å². The lowest BCUT2D eigenvalue weighted by Gasteiger charge is -2.08. The monoisotopic (exact) mass is 226 g/mol. The average Bonchev–Trinajstić information content (AvgIpc) is 2.90. The SMILES string of the molecule is C1=C(c2cn(-c3ccccn3)nn2)CCCC1. The maximum atomic E-state index is 4.25. The van der Waals surface area contributed by atoms with E-state index in [2.05, 4.69) is 21.4 Å². The van der Waals surface area contributed by atoms with Crippen LogP contribution in [0.3, 0.4) is 0 Å². The van der Waals surface area contributed by atoms with Crippen molar-refractivity contribution in [1.82, 2.24) is 20.0 Å². The topological polar surface area (TPSA) is 43.6 Å². The highest BCUT2D eigenvalue weighted by Crippen LogP contribution is 2.25. The van der Waals surface area contributed by atoms with Crippen molar-refractivity contribution in [2.45, 2.75) is 25.7 Å². The van der Waals surface area contributed by atoms with Crippen LogP contribution in [0.4, 0.5) is 0 Å². The van der Waals surface area contributed by atoms with Gasteiger partial charge in [0, 0.05) is 6.20 Å². The maximum absolute atomic E-state index is 4.25. The molecule has 0 saturated carbocycles. The fraction of sp³-hybridized carbons (Fsp3) is 0.308. The average molecular weight is 226 g/mol. The lowest BCUT2D eigenvalue weighted by atomic mass is 9.98. The first kappa shape index (κ1) is 10.2. The molecule has 0 fully saturated rings. The van der Waals surface area contributed by atoms with Gasteiger partial charge in [0.05, 0.1) is 6.20 Å². The number of pyridine rings is 1. The molecule has 0 unspecified atom stereocenters. The maximum Gasteiger partial charge on any atom is 0.155 e. The van der Waals surface area contributed by atoms with E-state index >= 15 is 0 Å². The highest BCUT2D eigenvalue weighted by Gasteiger charge is 2.10. The number of hydrogen-bond acceptors (Lipinski definition) is 3. The first-order valence-corrected chi connectivity index (χ1v) is 5.97. The fourth-order valence-corrected chi connectivity index (χ4v) is 2.08. The number of aromatic nitrogens is 4. The predicted molar refractivity (Wildman–Crippen MR) is 65.6 cm³/mol. The van der Waals surface area contributed by atoms with Gasteiger partial charge in [0.15, 0.2) is 5.82 Å². The molecular weight excluding hydrogens is 212 g/mol. The second-order valence-electron chi connectivity index (χ2n) is 4.21. The van der Waals surface area contributed by atoms with Crippen LogP contribution in [0.2, 0.25) is 0 Å². The zero-order valence-electron chi connectivity index (χ0n) is 9.58. The summed E-state index contributed by atoms with van der Waals surface area (Å²) in [7, 11) is 0. The van der Waals surface area contributed by atoms with Crippen LogP contribution >= 0.6 is 0 Å². The first-order valence-electron chi connectivity index (χ1n) is 5.97. The molecule has 0 bridgehead atoms. The molecule has 0 radical (unpaired) electrons. The summed E-state index contributed by atoms with van der Waals surface area (Å²) in [5.74, 6) is 0.808. The molecule has 3 rings (SSSR count). The van der Waals surface area contributed by atoms with Gasteiger partial charge < -0.3 is 0 Å². The minimum absolute atomic E-state index is 0.808. The molecule has 2 aromatic rings. The molecule has 1 aliphatic rings. The van der Waals surface area contributed by atoms with E-state index in [0.29, 0.717) is 0 Å². The van der Waals surface area contributed by atoms with Crippen molar-refractivity contribution in [3.05, 3.63) is 42.4 Å². The number of allylic oxidation sites excluding steroid dienone is 2. The molecule has 0 amide bonds. The van der Waals surface area contributed by atoms with Gasteiger partial charge in [-0.3, -0.25) is 0 Å². The lowest BCUT2D eigenvalue weighted by molar-refractivity contribution is 0.738. The molecule has 4 heteroatoms. The third-order valence-electron chi connectivity index (χ3n) is 3.00. The molecule has 86 valence electrons. The van der Waals surface area contributed by atoms with Crippen LogP contribution in [-0.4, -0.2) is 20.0 Å². The van der Waals surface area contributed by atoms with Crippen molar-refractivity contribution in [3.63, 3.8) is 0 Å². The summed E-state index contributed by atoms with van der Waals surface area (Å²) < 4.78 is 1.73. The Bertz CT molecular complexity index is 527. The third-order valence-corrected chi connectivity index (χ3v) is 3.00. The van der Waals surface area contributed by atoms with E-state index in [0.717, 1.165) is 24.4 Å². The number of nitrogens with zero attached hydrogens (tertiary/aromatic N) is 4. The summed E-state index contributed by atoms with van der Waals surface area (Å²) in [5.41, 5.74) is 2.30. The number of rotatable bonds is 2. The molecule has 1 aliphatic carbocycles. The van der Waals surface area contributed by atoms with Crippen LogP contribution in [0.25, 0.3) is 11.4 Å². The van der Waals surface area contributed by atoms with Gasteiger partial charge in [0.1, 0.15) is 5.69 Å². The largest absolute Gasteiger partial charge is 0.237 e. The summed E-state index contributed by atoms with van der Waals surface area (Å²) in [4.78, 5) is 4.25. The zero-order chi connectivity index (χ0) is 11.5. The van der Waals surface area contributed by atoms with Crippen LogP contribution < -0.4 is 0 Å². The van der Waals surface area contributed by atoms with E-state index in [9.17, 15) is 0 Å². The van der Waals surface area contributed by atoms with E-state index < -0.39 is 0 Å². The minimum atomic E-state index is 0.808. The van der Waals surface area contributed by atoms with Gasteiger partial charge in [0.2, 0.25) is 0 Å². The van der Waals surface area contributed by atoms with Gasteiger partial charge in [-0.2, -0.15) is 0 Å². The van der Waals surface area contributed by atoms with Crippen LogP contribution in [0.15, 0.2) is 36.7 Å². The van der Waals surface area contributed by atoms with Crippen molar-refractivity contribution in [3.8, 4) is 5.82 Å². The van der Waals surface area contributed by atoms with Crippen molar-refractivity contribution < 1.29 is 0 Å². The smallest absolute Gasteiger partial charge is 0.155 e. The van der Waals surface area contributed by atoms with Crippen molar-refractivity contribution in [2.24, 2.45) is 0 Å². The Balaban J connectivity index is 1.90. The molecule has 4 nitrogen and oxygen atoms in total. The summed E-state index contributed by atoms with van der Waals surface area (Å²) in [6, 6.07) is 5.77. The first-order chi connectivity index (χ1) is 8.43. The molecule has 2 aromatic heterocycles. The van der Waals surface area contributed by atoms with E-state index in [1.807, 2.05) is 24.4 Å². The van der Waals surface area contributed by atoms with Gasteiger partial charge in [-0.25, -0.2) is 9.67 Å². The molecule has 0 aromatic carbocycles. The Kier molecular flexibility index (Phi) is 2.69. The summed E-state index contributed by atoms with van der Waals surface area (Å²) >= 11 is 0. The Morgan fingerprint density at radius 2 is 2.18 bits per heavy atom. The van der Waals surface area contributed by atoms with E-state index in [1.165, 1.54) is 18.4 Å². The van der Waals surface area contributed by atoms with Crippen LogP contribution in [0, 0.1) is 0 Å². The van der Waals surface area contributed by atoms with Gasteiger partial charge in [-0.15, -0.1) is 5.10 Å². The molecule has 0 saturated heterocycles. The Labute approximate surface area is 100.0 Å². The molecule has 0 aliphatic heterocycles. The third kappa shape index (κ3) is 2.11. The van der Waals surface area contributed by atoms with Crippen molar-refractivity contribution >= 4 is 5.57 Å². The van der Waals surface area contributed by atoms with Gasteiger partial charge >= 0.3 is 0 Å². The molecule has 17 heavy (non-hydrogen) atoms. The zero-order valence-corrected chi connectivity index (χ0v) is 9.58. The van der Waals surface area contributed by atoms with Crippen molar-refractivity contribution in [1.29, 1.82) is 0 Å². The molecule has 0 atom stereocenters. The fourth-order valence-electron chi connectivity index (χ4n) is 2.08. The van der Waals surface area contributed by atoms with Crippen molar-refractivity contribution in [2.75, 3.05) is 0 Å². The second-order valence-corrected chi connectivity index (χ2v) is 4.21.